The molecule has 0 aliphatic carbocycles. The summed E-state index contributed by atoms with van der Waals surface area (Å²) in [6, 6.07) is 12.4. The SMILES string of the molecule is O=C(CN1CCc2sccc2C1c1cccs1)Nc1cccc([N+](=O)[O-])c1. The van der Waals surface area contributed by atoms with Gasteiger partial charge in [0, 0.05) is 34.1 Å². The Morgan fingerprint density at radius 2 is 2.11 bits per heavy atom. The molecule has 6 nitrogen and oxygen atoms in total. The smallest absolute Gasteiger partial charge is 0.271 e. The third-order valence-electron chi connectivity index (χ3n) is 4.57. The van der Waals surface area contributed by atoms with Crippen LogP contribution in [0.2, 0.25) is 0 Å². The number of nitrogens with one attached hydrogen (secondary N) is 1. The fraction of sp³-hybridized carbons (Fsp3) is 0.211. The van der Waals surface area contributed by atoms with Crippen LogP contribution in [0.1, 0.15) is 21.4 Å². The monoisotopic (exact) mass is 399 g/mol. The largest absolute Gasteiger partial charge is 0.325 e. The van der Waals surface area contributed by atoms with Crippen LogP contribution in [-0.2, 0) is 11.2 Å². The van der Waals surface area contributed by atoms with E-state index in [2.05, 4.69) is 33.1 Å². The van der Waals surface area contributed by atoms with Crippen LogP contribution in [0, 0.1) is 10.1 Å². The van der Waals surface area contributed by atoms with Crippen molar-refractivity contribution in [2.45, 2.75) is 12.5 Å². The number of amides is 1. The second kappa shape index (κ2) is 7.59. The van der Waals surface area contributed by atoms with Gasteiger partial charge in [-0.05, 0) is 40.9 Å². The van der Waals surface area contributed by atoms with E-state index in [-0.39, 0.29) is 24.2 Å². The third kappa shape index (κ3) is 3.78. The molecule has 4 rings (SSSR count). The number of hydrogen-bond donors (Lipinski definition) is 1. The number of nitrogens with zero attached hydrogens (tertiary/aromatic N) is 2. The number of benzene rings is 1. The quantitative estimate of drug-likeness (QED) is 0.513. The maximum absolute atomic E-state index is 12.6. The predicted octanol–water partition coefficient (Wildman–Crippen LogP) is 4.30. The molecule has 0 saturated carbocycles. The summed E-state index contributed by atoms with van der Waals surface area (Å²) in [5.41, 5.74) is 1.68. The first kappa shape index (κ1) is 17.8. The normalized spacial score (nSPS) is 16.7. The van der Waals surface area contributed by atoms with Crippen LogP contribution in [0.5, 0.6) is 0 Å². The molecule has 138 valence electrons. The van der Waals surface area contributed by atoms with E-state index in [9.17, 15) is 14.9 Å². The molecule has 1 N–H and O–H groups in total. The summed E-state index contributed by atoms with van der Waals surface area (Å²) in [4.78, 5) is 27.8. The molecular weight excluding hydrogens is 382 g/mol. The molecule has 1 aliphatic rings. The number of hydrogen-bond acceptors (Lipinski definition) is 6. The van der Waals surface area contributed by atoms with Gasteiger partial charge < -0.3 is 5.32 Å². The van der Waals surface area contributed by atoms with Crippen molar-refractivity contribution in [3.63, 3.8) is 0 Å². The van der Waals surface area contributed by atoms with Gasteiger partial charge in [0.15, 0.2) is 0 Å². The topological polar surface area (TPSA) is 75.5 Å². The molecule has 1 amide bonds. The van der Waals surface area contributed by atoms with Gasteiger partial charge in [-0.2, -0.15) is 0 Å². The Labute approximate surface area is 164 Å². The number of non-ortho nitro benzene ring substituents is 1. The maximum atomic E-state index is 12.6. The lowest BCUT2D eigenvalue weighted by Gasteiger charge is -2.34. The fourth-order valence-electron chi connectivity index (χ4n) is 3.40. The highest BCUT2D eigenvalue weighted by molar-refractivity contribution is 7.10. The first-order chi connectivity index (χ1) is 13.1. The zero-order chi connectivity index (χ0) is 18.8. The van der Waals surface area contributed by atoms with E-state index in [1.54, 1.807) is 34.8 Å². The van der Waals surface area contributed by atoms with Gasteiger partial charge in [0.2, 0.25) is 5.91 Å². The number of rotatable bonds is 5. The second-order valence-corrected chi connectivity index (χ2v) is 8.27. The Morgan fingerprint density at radius 1 is 1.22 bits per heavy atom. The summed E-state index contributed by atoms with van der Waals surface area (Å²) in [7, 11) is 0. The summed E-state index contributed by atoms with van der Waals surface area (Å²) in [5, 5.41) is 17.9. The van der Waals surface area contributed by atoms with Crippen molar-refractivity contribution in [1.29, 1.82) is 0 Å². The summed E-state index contributed by atoms with van der Waals surface area (Å²) < 4.78 is 0. The second-order valence-electron chi connectivity index (χ2n) is 6.29. The van der Waals surface area contributed by atoms with E-state index in [1.807, 2.05) is 6.07 Å². The van der Waals surface area contributed by atoms with E-state index in [0.29, 0.717) is 5.69 Å². The zero-order valence-electron chi connectivity index (χ0n) is 14.3. The number of nitro benzene ring substituents is 1. The van der Waals surface area contributed by atoms with Crippen LogP contribution in [-0.4, -0.2) is 28.8 Å². The number of thiophene rings is 2. The number of fused-ring (bicyclic) bond motifs is 1. The fourth-order valence-corrected chi connectivity index (χ4v) is 5.18. The standard InChI is InChI=1S/C19H17N3O3S2/c23-18(20-13-3-1-4-14(11-13)22(24)25)12-21-8-6-16-15(7-10-27-16)19(21)17-5-2-9-26-17/h1-5,7,9-11,19H,6,8,12H2,(H,20,23). The Kier molecular flexibility index (Phi) is 5.02. The Bertz CT molecular complexity index is 968. The van der Waals surface area contributed by atoms with Crippen molar-refractivity contribution in [2.24, 2.45) is 0 Å². The molecule has 3 heterocycles. The molecule has 0 radical (unpaired) electrons. The summed E-state index contributed by atoms with van der Waals surface area (Å²) in [5.74, 6) is -0.171. The lowest BCUT2D eigenvalue weighted by Crippen LogP contribution is -2.40. The van der Waals surface area contributed by atoms with Crippen LogP contribution in [0.25, 0.3) is 0 Å². The highest BCUT2D eigenvalue weighted by Crippen LogP contribution is 2.39. The lowest BCUT2D eigenvalue weighted by atomic mass is 9.98. The molecule has 1 unspecified atom stereocenters. The van der Waals surface area contributed by atoms with Gasteiger partial charge in [0.25, 0.3) is 5.69 Å². The van der Waals surface area contributed by atoms with Gasteiger partial charge in [-0.25, -0.2) is 0 Å². The predicted molar refractivity (Wildman–Crippen MR) is 107 cm³/mol. The Hall–Kier alpha value is -2.55. The van der Waals surface area contributed by atoms with E-state index >= 15 is 0 Å². The summed E-state index contributed by atoms with van der Waals surface area (Å²) >= 11 is 3.46. The molecule has 0 saturated heterocycles. The molecule has 1 aliphatic heterocycles. The molecule has 3 aromatic rings. The van der Waals surface area contributed by atoms with Gasteiger partial charge >= 0.3 is 0 Å². The number of carbonyl (C=O) groups is 1. The van der Waals surface area contributed by atoms with Crippen LogP contribution < -0.4 is 5.32 Å². The number of anilines is 1. The molecule has 2 aromatic heterocycles. The highest BCUT2D eigenvalue weighted by Gasteiger charge is 2.31. The molecular formula is C19H17N3O3S2. The molecule has 1 atom stereocenters. The minimum atomic E-state index is -0.467. The van der Waals surface area contributed by atoms with Crippen LogP contribution in [0.15, 0.2) is 53.2 Å². The molecule has 0 spiro atoms. The summed E-state index contributed by atoms with van der Waals surface area (Å²) in [6.07, 6.45) is 0.930. The third-order valence-corrected chi connectivity index (χ3v) is 6.49. The van der Waals surface area contributed by atoms with Gasteiger partial charge in [0.1, 0.15) is 0 Å². The van der Waals surface area contributed by atoms with Crippen molar-refractivity contribution in [2.75, 3.05) is 18.4 Å². The highest BCUT2D eigenvalue weighted by atomic mass is 32.1. The average molecular weight is 399 g/mol. The maximum Gasteiger partial charge on any atom is 0.271 e. The zero-order valence-corrected chi connectivity index (χ0v) is 16.0. The van der Waals surface area contributed by atoms with Crippen LogP contribution >= 0.6 is 22.7 Å². The first-order valence-electron chi connectivity index (χ1n) is 8.50. The van der Waals surface area contributed by atoms with E-state index in [1.165, 1.54) is 27.5 Å². The van der Waals surface area contributed by atoms with E-state index in [4.69, 9.17) is 0 Å². The molecule has 27 heavy (non-hydrogen) atoms. The Morgan fingerprint density at radius 3 is 2.89 bits per heavy atom. The first-order valence-corrected chi connectivity index (χ1v) is 10.3. The molecule has 1 aromatic carbocycles. The van der Waals surface area contributed by atoms with Crippen molar-refractivity contribution < 1.29 is 9.72 Å². The van der Waals surface area contributed by atoms with Crippen molar-refractivity contribution in [1.82, 2.24) is 4.90 Å². The van der Waals surface area contributed by atoms with Crippen molar-refractivity contribution in [3.05, 3.63) is 78.7 Å². The number of carbonyl (C=O) groups excluding carboxylic acids is 1. The van der Waals surface area contributed by atoms with Gasteiger partial charge in [-0.1, -0.05) is 12.1 Å². The minimum Gasteiger partial charge on any atom is -0.325 e. The van der Waals surface area contributed by atoms with Gasteiger partial charge in [-0.15, -0.1) is 22.7 Å². The van der Waals surface area contributed by atoms with Crippen molar-refractivity contribution in [3.8, 4) is 0 Å². The molecule has 0 fully saturated rings. The van der Waals surface area contributed by atoms with Gasteiger partial charge in [-0.3, -0.25) is 19.8 Å². The van der Waals surface area contributed by atoms with E-state index in [0.717, 1.165) is 13.0 Å². The summed E-state index contributed by atoms with van der Waals surface area (Å²) in [6.45, 7) is 1.04. The van der Waals surface area contributed by atoms with Crippen LogP contribution in [0.4, 0.5) is 11.4 Å². The average Bonchev–Trinajstić information content (AvgIpc) is 3.33. The minimum absolute atomic E-state index is 0.0369. The van der Waals surface area contributed by atoms with Crippen molar-refractivity contribution >= 4 is 40.0 Å². The Balaban J connectivity index is 1.52. The number of nitro groups is 1. The molecule has 8 heteroatoms. The molecule has 0 bridgehead atoms. The van der Waals surface area contributed by atoms with Crippen LogP contribution in [0.3, 0.4) is 0 Å². The van der Waals surface area contributed by atoms with E-state index < -0.39 is 4.92 Å². The lowest BCUT2D eigenvalue weighted by molar-refractivity contribution is -0.384. The van der Waals surface area contributed by atoms with Gasteiger partial charge in [0.05, 0.1) is 17.5 Å².